The van der Waals surface area contributed by atoms with Gasteiger partial charge in [0.15, 0.2) is 0 Å². The third kappa shape index (κ3) is 1.63. The first-order valence-electron chi connectivity index (χ1n) is 7.47. The second-order valence-corrected chi connectivity index (χ2v) is 6.27. The average Bonchev–Trinajstić information content (AvgIpc) is 3.15. The van der Waals surface area contributed by atoms with E-state index in [0.29, 0.717) is 6.54 Å². The highest BCUT2D eigenvalue weighted by Crippen LogP contribution is 2.52. The summed E-state index contributed by atoms with van der Waals surface area (Å²) in [6.07, 6.45) is 3.08. The number of fused-ring (bicyclic) bond motifs is 1. The molecule has 1 aromatic rings. The van der Waals surface area contributed by atoms with Crippen LogP contribution in [0, 0.1) is 11.8 Å². The third-order valence-corrected chi connectivity index (χ3v) is 5.15. The zero-order valence-corrected chi connectivity index (χ0v) is 12.1. The van der Waals surface area contributed by atoms with Crippen molar-refractivity contribution >= 4 is 11.9 Å². The van der Waals surface area contributed by atoms with Crippen LogP contribution in [0.1, 0.15) is 18.5 Å². The number of hydrogen-bond acceptors (Lipinski definition) is 4. The van der Waals surface area contributed by atoms with E-state index in [2.05, 4.69) is 0 Å². The Bertz CT molecular complexity index is 670. The molecule has 5 heteroatoms. The molecule has 22 heavy (non-hydrogen) atoms. The molecule has 0 aliphatic carbocycles. The van der Waals surface area contributed by atoms with Crippen molar-refractivity contribution < 1.29 is 19.4 Å². The van der Waals surface area contributed by atoms with Gasteiger partial charge in [0.25, 0.3) is 0 Å². The van der Waals surface area contributed by atoms with Crippen LogP contribution in [0.4, 0.5) is 0 Å². The summed E-state index contributed by atoms with van der Waals surface area (Å²) in [7, 11) is 0. The molecular weight excluding hydrogens is 282 g/mol. The number of aliphatic carboxylic acids is 1. The first-order valence-corrected chi connectivity index (χ1v) is 7.47. The molecule has 3 heterocycles. The monoisotopic (exact) mass is 298 g/mol. The van der Waals surface area contributed by atoms with Gasteiger partial charge >= 0.3 is 0 Å². The van der Waals surface area contributed by atoms with Gasteiger partial charge in [-0.1, -0.05) is 42.5 Å². The molecule has 0 unspecified atom stereocenters. The summed E-state index contributed by atoms with van der Waals surface area (Å²) in [6, 6.07) is 9.60. The number of hydrogen-bond donors (Lipinski definition) is 0. The van der Waals surface area contributed by atoms with E-state index >= 15 is 0 Å². The molecule has 0 saturated carbocycles. The number of carboxylic acids is 1. The van der Waals surface area contributed by atoms with Gasteiger partial charge in [0, 0.05) is 11.9 Å². The van der Waals surface area contributed by atoms with Crippen molar-refractivity contribution in [3.8, 4) is 0 Å². The standard InChI is InChI=1S/C17H17NO4/c1-10(11-5-3-2-4-6-11)18-9-17-8-7-12(22-17)13(16(20)21)14(17)15(18)19/h2-8,10,12-14H,9H2,1H3,(H,20,21)/p-1/t10-,12+,13+,14-,17+/m0/s1. The van der Waals surface area contributed by atoms with Crippen LogP contribution in [0.5, 0.6) is 0 Å². The molecule has 3 aliphatic heterocycles. The van der Waals surface area contributed by atoms with Gasteiger partial charge < -0.3 is 19.5 Å². The number of rotatable bonds is 3. The molecule has 2 fully saturated rings. The van der Waals surface area contributed by atoms with E-state index in [4.69, 9.17) is 4.74 Å². The van der Waals surface area contributed by atoms with Crippen molar-refractivity contribution in [2.24, 2.45) is 11.8 Å². The highest BCUT2D eigenvalue weighted by Gasteiger charge is 2.65. The van der Waals surface area contributed by atoms with Crippen LogP contribution in [-0.2, 0) is 14.3 Å². The number of amides is 1. The van der Waals surface area contributed by atoms with Crippen LogP contribution in [0.3, 0.4) is 0 Å². The van der Waals surface area contributed by atoms with Gasteiger partial charge in [-0.2, -0.15) is 0 Å². The molecule has 3 aliphatic rings. The van der Waals surface area contributed by atoms with E-state index in [0.717, 1.165) is 5.56 Å². The number of carbonyl (C=O) groups is 2. The topological polar surface area (TPSA) is 69.7 Å². The van der Waals surface area contributed by atoms with Crippen LogP contribution >= 0.6 is 0 Å². The van der Waals surface area contributed by atoms with Crippen molar-refractivity contribution in [2.75, 3.05) is 6.54 Å². The van der Waals surface area contributed by atoms with E-state index in [-0.39, 0.29) is 11.9 Å². The molecule has 5 nitrogen and oxygen atoms in total. The van der Waals surface area contributed by atoms with Gasteiger partial charge in [-0.05, 0) is 12.5 Å². The fraction of sp³-hybridized carbons (Fsp3) is 0.412. The maximum absolute atomic E-state index is 12.8. The Kier molecular flexibility index (Phi) is 2.72. The summed E-state index contributed by atoms with van der Waals surface area (Å²) in [6.45, 7) is 2.35. The van der Waals surface area contributed by atoms with E-state index < -0.39 is 29.5 Å². The molecular formula is C17H16NO4-. The normalized spacial score (nSPS) is 36.7. The van der Waals surface area contributed by atoms with E-state index in [1.165, 1.54) is 0 Å². The number of likely N-dealkylation sites (tertiary alicyclic amines) is 1. The van der Waals surface area contributed by atoms with Gasteiger partial charge in [-0.15, -0.1) is 0 Å². The van der Waals surface area contributed by atoms with E-state index in [1.54, 1.807) is 11.0 Å². The molecule has 1 spiro atoms. The Labute approximate surface area is 128 Å². The van der Waals surface area contributed by atoms with Crippen molar-refractivity contribution in [3.05, 3.63) is 48.0 Å². The van der Waals surface area contributed by atoms with Crippen LogP contribution in [0.2, 0.25) is 0 Å². The molecule has 1 amide bonds. The highest BCUT2D eigenvalue weighted by atomic mass is 16.5. The number of ether oxygens (including phenoxy) is 1. The molecule has 0 radical (unpaired) electrons. The van der Waals surface area contributed by atoms with Crippen molar-refractivity contribution in [2.45, 2.75) is 24.7 Å². The minimum Gasteiger partial charge on any atom is -0.550 e. The first-order chi connectivity index (χ1) is 10.5. The van der Waals surface area contributed by atoms with Crippen LogP contribution in [0.15, 0.2) is 42.5 Å². The summed E-state index contributed by atoms with van der Waals surface area (Å²) in [5.41, 5.74) is 0.228. The van der Waals surface area contributed by atoms with Gasteiger partial charge in [0.05, 0.1) is 24.6 Å². The minimum atomic E-state index is -1.20. The summed E-state index contributed by atoms with van der Waals surface area (Å²) in [5.74, 6) is -2.91. The fourth-order valence-corrected chi connectivity index (χ4v) is 4.04. The molecule has 114 valence electrons. The molecule has 0 N–H and O–H groups in total. The zero-order valence-electron chi connectivity index (χ0n) is 12.1. The van der Waals surface area contributed by atoms with Gasteiger partial charge in [0.2, 0.25) is 5.91 Å². The predicted octanol–water partition coefficient (Wildman–Crippen LogP) is 0.279. The number of nitrogens with zero attached hydrogens (tertiary/aromatic N) is 1. The second kappa shape index (κ2) is 4.43. The second-order valence-electron chi connectivity index (χ2n) is 6.27. The quantitative estimate of drug-likeness (QED) is 0.752. The van der Waals surface area contributed by atoms with Crippen molar-refractivity contribution in [1.29, 1.82) is 0 Å². The number of carboxylic acid groups (broad SMARTS) is 1. The molecule has 5 atom stereocenters. The Hall–Kier alpha value is -2.14. The molecule has 2 bridgehead atoms. The van der Waals surface area contributed by atoms with Crippen LogP contribution in [-0.4, -0.2) is 35.0 Å². The Morgan fingerprint density at radius 2 is 2.14 bits per heavy atom. The lowest BCUT2D eigenvalue weighted by atomic mass is 9.77. The first kappa shape index (κ1) is 13.5. The Morgan fingerprint density at radius 1 is 1.41 bits per heavy atom. The Morgan fingerprint density at radius 3 is 2.82 bits per heavy atom. The molecule has 4 rings (SSSR count). The number of benzene rings is 1. The van der Waals surface area contributed by atoms with Crippen LogP contribution in [0.25, 0.3) is 0 Å². The lowest BCUT2D eigenvalue weighted by Crippen LogP contribution is -2.45. The zero-order chi connectivity index (χ0) is 15.5. The Balaban J connectivity index is 1.68. The molecule has 2 saturated heterocycles. The third-order valence-electron chi connectivity index (χ3n) is 5.15. The predicted molar refractivity (Wildman–Crippen MR) is 75.3 cm³/mol. The maximum atomic E-state index is 12.8. The van der Waals surface area contributed by atoms with E-state index in [9.17, 15) is 14.7 Å². The smallest absolute Gasteiger partial charge is 0.230 e. The number of carbonyl (C=O) groups excluding carboxylic acids is 2. The highest BCUT2D eigenvalue weighted by molar-refractivity contribution is 5.90. The molecule has 0 aromatic heterocycles. The van der Waals surface area contributed by atoms with Gasteiger partial charge in [0.1, 0.15) is 5.60 Å². The minimum absolute atomic E-state index is 0.118. The maximum Gasteiger partial charge on any atom is 0.230 e. The summed E-state index contributed by atoms with van der Waals surface area (Å²) in [4.78, 5) is 26.0. The van der Waals surface area contributed by atoms with Crippen molar-refractivity contribution in [3.63, 3.8) is 0 Å². The summed E-state index contributed by atoms with van der Waals surface area (Å²) in [5, 5.41) is 11.4. The van der Waals surface area contributed by atoms with Crippen LogP contribution < -0.4 is 5.11 Å². The van der Waals surface area contributed by atoms with Crippen molar-refractivity contribution in [1.82, 2.24) is 4.90 Å². The summed E-state index contributed by atoms with van der Waals surface area (Å²) >= 11 is 0. The van der Waals surface area contributed by atoms with Gasteiger partial charge in [-0.3, -0.25) is 4.79 Å². The largest absolute Gasteiger partial charge is 0.550 e. The fourth-order valence-electron chi connectivity index (χ4n) is 4.04. The summed E-state index contributed by atoms with van der Waals surface area (Å²) < 4.78 is 5.85. The SMILES string of the molecule is C[C@@H](c1ccccc1)N1C[C@@]23C=C[C@@H](O2)[C@@H](C(=O)[O-])[C@H]3C1=O. The molecule has 1 aromatic carbocycles. The van der Waals surface area contributed by atoms with E-state index in [1.807, 2.05) is 43.3 Å². The van der Waals surface area contributed by atoms with Gasteiger partial charge in [-0.25, -0.2) is 0 Å². The average molecular weight is 298 g/mol. The lowest BCUT2D eigenvalue weighted by Gasteiger charge is -2.28. The lowest BCUT2D eigenvalue weighted by molar-refractivity contribution is -0.313.